The highest BCUT2D eigenvalue weighted by molar-refractivity contribution is 9.10. The molecule has 0 unspecified atom stereocenters. The number of rotatable bonds is 4. The highest BCUT2D eigenvalue weighted by atomic mass is 79.9. The molecule has 0 aromatic heterocycles. The molecule has 0 atom stereocenters. The van der Waals surface area contributed by atoms with E-state index < -0.39 is 10.0 Å². The quantitative estimate of drug-likeness (QED) is 0.332. The van der Waals surface area contributed by atoms with Crippen molar-refractivity contribution in [2.24, 2.45) is 0 Å². The molecule has 1 saturated heterocycles. The number of nitrogens with one attached hydrogen (secondary N) is 1. The summed E-state index contributed by atoms with van der Waals surface area (Å²) >= 11 is 16.0. The van der Waals surface area contributed by atoms with Gasteiger partial charge >= 0.3 is 6.03 Å². The Kier molecular flexibility index (Phi) is 8.26. The van der Waals surface area contributed by atoms with Gasteiger partial charge in [-0.05, 0) is 52.4 Å². The van der Waals surface area contributed by atoms with Crippen LogP contribution >= 0.6 is 39.1 Å². The summed E-state index contributed by atoms with van der Waals surface area (Å²) in [5, 5.41) is 3.43. The van der Waals surface area contributed by atoms with Gasteiger partial charge in [-0.2, -0.15) is 4.31 Å². The Hall–Kier alpha value is -2.10. The first-order valence-electron chi connectivity index (χ1n) is 11.8. The van der Waals surface area contributed by atoms with Gasteiger partial charge in [-0.3, -0.25) is 0 Å². The first-order chi connectivity index (χ1) is 17.4. The third-order valence-electron chi connectivity index (χ3n) is 6.33. The third kappa shape index (κ3) is 6.32. The molecule has 1 aliphatic heterocycles. The molecule has 0 bridgehead atoms. The van der Waals surface area contributed by atoms with Crippen molar-refractivity contribution >= 4 is 60.9 Å². The summed E-state index contributed by atoms with van der Waals surface area (Å²) in [6.45, 7) is 7.34. The Labute approximate surface area is 236 Å². The maximum atomic E-state index is 13.0. The van der Waals surface area contributed by atoms with Gasteiger partial charge in [-0.15, -0.1) is 0 Å². The second kappa shape index (κ2) is 10.9. The summed E-state index contributed by atoms with van der Waals surface area (Å²) in [7, 11) is -3.77. The van der Waals surface area contributed by atoms with Crippen molar-refractivity contribution in [3.05, 3.63) is 80.7 Å². The second-order valence-corrected chi connectivity index (χ2v) is 13.6. The normalized spacial score (nSPS) is 15.0. The van der Waals surface area contributed by atoms with Gasteiger partial charge in [0.25, 0.3) is 0 Å². The molecule has 1 fully saturated rings. The number of benzene rings is 3. The standard InChI is InChI=1S/C27H28BrCl2N3O3S/c1-27(2,3)20-7-4-18(5-8-20)19-6-10-24(22(29)16-19)31-26(34)32-12-14-33(15-13-32)37(35,36)25-11-9-21(28)17-23(25)30/h4-11,16-17H,12-15H2,1-3H3,(H,31,34). The van der Waals surface area contributed by atoms with Gasteiger partial charge in [0.1, 0.15) is 4.90 Å². The average Bonchev–Trinajstić information content (AvgIpc) is 2.84. The first-order valence-corrected chi connectivity index (χ1v) is 14.8. The number of hydrogen-bond donors (Lipinski definition) is 1. The molecule has 0 aliphatic carbocycles. The molecule has 196 valence electrons. The Morgan fingerprint density at radius 3 is 2.05 bits per heavy atom. The zero-order chi connectivity index (χ0) is 27.0. The smallest absolute Gasteiger partial charge is 0.321 e. The lowest BCUT2D eigenvalue weighted by atomic mass is 9.86. The van der Waals surface area contributed by atoms with Crippen LogP contribution in [0.1, 0.15) is 26.3 Å². The molecule has 4 rings (SSSR count). The number of hydrogen-bond acceptors (Lipinski definition) is 3. The number of halogens is 3. The van der Waals surface area contributed by atoms with E-state index in [9.17, 15) is 13.2 Å². The van der Waals surface area contributed by atoms with Crippen molar-refractivity contribution < 1.29 is 13.2 Å². The molecule has 0 saturated carbocycles. The van der Waals surface area contributed by atoms with Crippen molar-refractivity contribution in [2.75, 3.05) is 31.5 Å². The van der Waals surface area contributed by atoms with Crippen LogP contribution in [0.2, 0.25) is 10.0 Å². The summed E-state index contributed by atoms with van der Waals surface area (Å²) in [6, 6.07) is 18.2. The van der Waals surface area contributed by atoms with E-state index in [4.69, 9.17) is 23.2 Å². The number of urea groups is 1. The van der Waals surface area contributed by atoms with Crippen LogP contribution in [-0.2, 0) is 15.4 Å². The van der Waals surface area contributed by atoms with E-state index in [-0.39, 0.29) is 47.5 Å². The lowest BCUT2D eigenvalue weighted by Gasteiger charge is -2.34. The number of amides is 2. The summed E-state index contributed by atoms with van der Waals surface area (Å²) in [5.74, 6) is 0. The summed E-state index contributed by atoms with van der Waals surface area (Å²) in [4.78, 5) is 14.5. The highest BCUT2D eigenvalue weighted by Crippen LogP contribution is 2.32. The second-order valence-electron chi connectivity index (χ2n) is 9.92. The molecule has 2 amide bonds. The molecule has 37 heavy (non-hydrogen) atoms. The Bertz CT molecular complexity index is 1420. The van der Waals surface area contributed by atoms with E-state index in [1.165, 1.54) is 15.9 Å². The van der Waals surface area contributed by atoms with Gasteiger partial charge in [0.2, 0.25) is 10.0 Å². The van der Waals surface area contributed by atoms with Gasteiger partial charge in [-0.25, -0.2) is 13.2 Å². The van der Waals surface area contributed by atoms with Gasteiger partial charge in [0, 0.05) is 30.7 Å². The zero-order valence-corrected chi connectivity index (χ0v) is 24.7. The predicted molar refractivity (Wildman–Crippen MR) is 154 cm³/mol. The minimum atomic E-state index is -3.77. The number of carbonyl (C=O) groups excluding carboxylic acids is 1. The maximum Gasteiger partial charge on any atom is 0.321 e. The predicted octanol–water partition coefficient (Wildman–Crippen LogP) is 7.26. The van der Waals surface area contributed by atoms with Crippen LogP contribution in [0.3, 0.4) is 0 Å². The average molecular weight is 625 g/mol. The van der Waals surface area contributed by atoms with Gasteiger partial charge < -0.3 is 10.2 Å². The van der Waals surface area contributed by atoms with E-state index in [0.717, 1.165) is 11.1 Å². The maximum absolute atomic E-state index is 13.0. The topological polar surface area (TPSA) is 69.7 Å². The monoisotopic (exact) mass is 623 g/mol. The SMILES string of the molecule is CC(C)(C)c1ccc(-c2ccc(NC(=O)N3CCN(S(=O)(=O)c4ccc(Br)cc4Cl)CC3)c(Cl)c2)cc1. The minimum absolute atomic E-state index is 0.0511. The first kappa shape index (κ1) is 27.9. The van der Waals surface area contributed by atoms with Gasteiger partial charge in [-0.1, -0.05) is 90.2 Å². The van der Waals surface area contributed by atoms with E-state index in [2.05, 4.69) is 66.3 Å². The fourth-order valence-electron chi connectivity index (χ4n) is 4.11. The molecule has 1 N–H and O–H groups in total. The molecule has 0 radical (unpaired) electrons. The number of carbonyl (C=O) groups is 1. The molecule has 6 nitrogen and oxygen atoms in total. The van der Waals surface area contributed by atoms with E-state index in [1.807, 2.05) is 12.1 Å². The largest absolute Gasteiger partial charge is 0.322 e. The lowest BCUT2D eigenvalue weighted by molar-refractivity contribution is 0.184. The van der Waals surface area contributed by atoms with Crippen molar-refractivity contribution in [3.8, 4) is 11.1 Å². The van der Waals surface area contributed by atoms with Crippen LogP contribution in [0.4, 0.5) is 10.5 Å². The molecule has 3 aromatic rings. The lowest BCUT2D eigenvalue weighted by Crippen LogP contribution is -2.51. The third-order valence-corrected chi connectivity index (χ3v) is 9.52. The van der Waals surface area contributed by atoms with Crippen LogP contribution in [0, 0.1) is 0 Å². The molecular weight excluding hydrogens is 597 g/mol. The molecule has 1 heterocycles. The summed E-state index contributed by atoms with van der Waals surface area (Å²) < 4.78 is 28.1. The molecule has 3 aromatic carbocycles. The number of sulfonamides is 1. The van der Waals surface area contributed by atoms with Crippen molar-refractivity contribution in [1.29, 1.82) is 0 Å². The Morgan fingerprint density at radius 1 is 0.865 bits per heavy atom. The minimum Gasteiger partial charge on any atom is -0.322 e. The summed E-state index contributed by atoms with van der Waals surface area (Å²) in [5.41, 5.74) is 3.81. The molecule has 0 spiro atoms. The van der Waals surface area contributed by atoms with Crippen LogP contribution < -0.4 is 5.32 Å². The number of nitrogens with zero attached hydrogens (tertiary/aromatic N) is 2. The Morgan fingerprint density at radius 2 is 1.49 bits per heavy atom. The summed E-state index contributed by atoms with van der Waals surface area (Å²) in [6.07, 6.45) is 0. The number of piperazine rings is 1. The van der Waals surface area contributed by atoms with Crippen molar-refractivity contribution in [3.63, 3.8) is 0 Å². The van der Waals surface area contributed by atoms with Crippen LogP contribution in [0.25, 0.3) is 11.1 Å². The molecule has 10 heteroatoms. The Balaban J connectivity index is 1.39. The van der Waals surface area contributed by atoms with E-state index in [0.29, 0.717) is 15.2 Å². The van der Waals surface area contributed by atoms with Crippen LogP contribution in [0.5, 0.6) is 0 Å². The van der Waals surface area contributed by atoms with Crippen molar-refractivity contribution in [2.45, 2.75) is 31.1 Å². The van der Waals surface area contributed by atoms with Crippen LogP contribution in [-0.4, -0.2) is 49.8 Å². The van der Waals surface area contributed by atoms with Crippen molar-refractivity contribution in [1.82, 2.24) is 9.21 Å². The zero-order valence-electron chi connectivity index (χ0n) is 20.8. The van der Waals surface area contributed by atoms with E-state index >= 15 is 0 Å². The fraction of sp³-hybridized carbons (Fsp3) is 0.296. The number of anilines is 1. The van der Waals surface area contributed by atoms with Gasteiger partial charge in [0.05, 0.1) is 15.7 Å². The highest BCUT2D eigenvalue weighted by Gasteiger charge is 2.31. The molecule has 1 aliphatic rings. The van der Waals surface area contributed by atoms with Crippen LogP contribution in [0.15, 0.2) is 70.0 Å². The van der Waals surface area contributed by atoms with Gasteiger partial charge in [0.15, 0.2) is 0 Å². The molecular formula is C27H28BrCl2N3O3S. The fourth-order valence-corrected chi connectivity index (χ4v) is 6.77. The van der Waals surface area contributed by atoms with E-state index in [1.54, 1.807) is 23.1 Å².